The average Bonchev–Trinajstić information content (AvgIpc) is 2.37. The monoisotopic (exact) mass is 244 g/mol. The van der Waals surface area contributed by atoms with Gasteiger partial charge in [-0.2, -0.15) is 0 Å². The molecule has 0 fully saturated rings. The number of primary amides is 1. The van der Waals surface area contributed by atoms with Gasteiger partial charge in [0.2, 0.25) is 11.8 Å². The van der Waals surface area contributed by atoms with Crippen LogP contribution in [0.15, 0.2) is 36.9 Å². The van der Waals surface area contributed by atoms with Crippen molar-refractivity contribution < 1.29 is 9.59 Å². The SMILES string of the molecule is C=CCC(=O)N1CCc2ccccc2C1C(N)=O. The minimum absolute atomic E-state index is 0.108. The second-order valence-electron chi connectivity index (χ2n) is 4.33. The zero-order chi connectivity index (χ0) is 13.1. The fraction of sp³-hybridized carbons (Fsp3) is 0.286. The van der Waals surface area contributed by atoms with Crippen molar-refractivity contribution in [1.82, 2.24) is 4.90 Å². The molecule has 94 valence electrons. The number of carbonyl (C=O) groups is 2. The topological polar surface area (TPSA) is 63.4 Å². The zero-order valence-electron chi connectivity index (χ0n) is 10.1. The van der Waals surface area contributed by atoms with Gasteiger partial charge in [-0.05, 0) is 17.5 Å². The Balaban J connectivity index is 2.38. The van der Waals surface area contributed by atoms with E-state index in [2.05, 4.69) is 6.58 Å². The van der Waals surface area contributed by atoms with Gasteiger partial charge in [-0.3, -0.25) is 9.59 Å². The first-order chi connectivity index (χ1) is 8.65. The lowest BCUT2D eigenvalue weighted by atomic mass is 9.92. The molecule has 0 aliphatic carbocycles. The molecule has 1 aliphatic heterocycles. The summed E-state index contributed by atoms with van der Waals surface area (Å²) in [6.07, 6.45) is 2.52. The highest BCUT2D eigenvalue weighted by Gasteiger charge is 2.33. The molecule has 1 unspecified atom stereocenters. The van der Waals surface area contributed by atoms with Gasteiger partial charge in [0.05, 0.1) is 0 Å². The van der Waals surface area contributed by atoms with Crippen molar-refractivity contribution in [2.24, 2.45) is 5.73 Å². The largest absolute Gasteiger partial charge is 0.368 e. The maximum absolute atomic E-state index is 12.0. The summed E-state index contributed by atoms with van der Waals surface area (Å²) in [5, 5.41) is 0. The number of amides is 2. The van der Waals surface area contributed by atoms with E-state index < -0.39 is 11.9 Å². The van der Waals surface area contributed by atoms with Gasteiger partial charge in [-0.1, -0.05) is 30.3 Å². The molecule has 0 saturated carbocycles. The van der Waals surface area contributed by atoms with Crippen LogP contribution in [0.3, 0.4) is 0 Å². The number of hydrogen-bond acceptors (Lipinski definition) is 2. The molecule has 0 radical (unpaired) electrons. The minimum Gasteiger partial charge on any atom is -0.368 e. The van der Waals surface area contributed by atoms with E-state index in [4.69, 9.17) is 5.73 Å². The molecule has 2 amide bonds. The number of nitrogens with zero attached hydrogens (tertiary/aromatic N) is 1. The third-order valence-electron chi connectivity index (χ3n) is 3.19. The van der Waals surface area contributed by atoms with E-state index in [-0.39, 0.29) is 12.3 Å². The van der Waals surface area contributed by atoms with Crippen LogP contribution in [0.2, 0.25) is 0 Å². The van der Waals surface area contributed by atoms with Gasteiger partial charge >= 0.3 is 0 Å². The van der Waals surface area contributed by atoms with E-state index in [0.717, 1.165) is 17.5 Å². The number of carbonyl (C=O) groups excluding carboxylic acids is 2. The minimum atomic E-state index is -0.651. The summed E-state index contributed by atoms with van der Waals surface area (Å²) in [5.74, 6) is -0.595. The van der Waals surface area contributed by atoms with Crippen molar-refractivity contribution in [3.8, 4) is 0 Å². The maximum Gasteiger partial charge on any atom is 0.244 e. The summed E-state index contributed by atoms with van der Waals surface area (Å²) >= 11 is 0. The molecule has 0 spiro atoms. The van der Waals surface area contributed by atoms with Crippen molar-refractivity contribution in [2.75, 3.05) is 6.54 Å². The highest BCUT2D eigenvalue weighted by molar-refractivity contribution is 5.89. The van der Waals surface area contributed by atoms with Crippen LogP contribution in [0, 0.1) is 0 Å². The van der Waals surface area contributed by atoms with E-state index >= 15 is 0 Å². The van der Waals surface area contributed by atoms with Gasteiger partial charge in [0.1, 0.15) is 6.04 Å². The smallest absolute Gasteiger partial charge is 0.244 e. The highest BCUT2D eigenvalue weighted by Crippen LogP contribution is 2.29. The van der Waals surface area contributed by atoms with E-state index in [1.54, 1.807) is 11.0 Å². The van der Waals surface area contributed by atoms with Gasteiger partial charge in [0.25, 0.3) is 0 Å². The molecular weight excluding hydrogens is 228 g/mol. The molecule has 1 aromatic rings. The third-order valence-corrected chi connectivity index (χ3v) is 3.19. The molecule has 18 heavy (non-hydrogen) atoms. The molecule has 0 aromatic heterocycles. The average molecular weight is 244 g/mol. The quantitative estimate of drug-likeness (QED) is 0.811. The van der Waals surface area contributed by atoms with Crippen LogP contribution >= 0.6 is 0 Å². The maximum atomic E-state index is 12.0. The molecule has 4 nitrogen and oxygen atoms in total. The molecule has 0 saturated heterocycles. The normalized spacial score (nSPS) is 18.0. The summed E-state index contributed by atoms with van der Waals surface area (Å²) in [4.78, 5) is 25.2. The van der Waals surface area contributed by atoms with Crippen LogP contribution in [0.5, 0.6) is 0 Å². The van der Waals surface area contributed by atoms with Crippen molar-refractivity contribution in [2.45, 2.75) is 18.9 Å². The standard InChI is InChI=1S/C14H16N2O2/c1-2-5-12(17)16-9-8-10-6-3-4-7-11(10)13(16)14(15)18/h2-4,6-7,13H,1,5,8-9H2,(H2,15,18). The van der Waals surface area contributed by atoms with Crippen LogP contribution in [0.4, 0.5) is 0 Å². The molecule has 1 aromatic carbocycles. The van der Waals surface area contributed by atoms with E-state index in [0.29, 0.717) is 6.54 Å². The molecule has 4 heteroatoms. The Hall–Kier alpha value is -2.10. The Morgan fingerprint density at radius 1 is 1.44 bits per heavy atom. The van der Waals surface area contributed by atoms with E-state index in [1.165, 1.54) is 0 Å². The third kappa shape index (κ3) is 2.14. The predicted octanol–water partition coefficient (Wildman–Crippen LogP) is 1.17. The van der Waals surface area contributed by atoms with Gasteiger partial charge in [-0.25, -0.2) is 0 Å². The van der Waals surface area contributed by atoms with Crippen molar-refractivity contribution in [1.29, 1.82) is 0 Å². The Bertz CT molecular complexity index is 496. The Kier molecular flexibility index (Phi) is 3.46. The van der Waals surface area contributed by atoms with E-state index in [9.17, 15) is 9.59 Å². The molecule has 1 aliphatic rings. The summed E-state index contributed by atoms with van der Waals surface area (Å²) < 4.78 is 0. The van der Waals surface area contributed by atoms with Crippen LogP contribution in [-0.4, -0.2) is 23.3 Å². The van der Waals surface area contributed by atoms with Gasteiger partial charge < -0.3 is 10.6 Å². The van der Waals surface area contributed by atoms with Crippen LogP contribution in [-0.2, 0) is 16.0 Å². The summed E-state index contributed by atoms with van der Waals surface area (Å²) in [5.41, 5.74) is 7.38. The van der Waals surface area contributed by atoms with Crippen molar-refractivity contribution >= 4 is 11.8 Å². The Labute approximate surface area is 106 Å². The number of rotatable bonds is 3. The van der Waals surface area contributed by atoms with Crippen molar-refractivity contribution in [3.05, 3.63) is 48.0 Å². The van der Waals surface area contributed by atoms with Crippen molar-refractivity contribution in [3.63, 3.8) is 0 Å². The first-order valence-corrected chi connectivity index (χ1v) is 5.92. The van der Waals surface area contributed by atoms with Crippen LogP contribution in [0.1, 0.15) is 23.6 Å². The molecule has 2 rings (SSSR count). The lowest BCUT2D eigenvalue weighted by molar-refractivity contribution is -0.139. The second kappa shape index (κ2) is 5.04. The fourth-order valence-corrected chi connectivity index (χ4v) is 2.38. The van der Waals surface area contributed by atoms with Crippen LogP contribution in [0.25, 0.3) is 0 Å². The lowest BCUT2D eigenvalue weighted by Gasteiger charge is -2.35. The summed E-state index contributed by atoms with van der Waals surface area (Å²) in [7, 11) is 0. The van der Waals surface area contributed by atoms with Gasteiger partial charge in [-0.15, -0.1) is 6.58 Å². The summed E-state index contributed by atoms with van der Waals surface area (Å²) in [6.45, 7) is 4.07. The lowest BCUT2D eigenvalue weighted by Crippen LogP contribution is -2.45. The fourth-order valence-electron chi connectivity index (χ4n) is 2.38. The predicted molar refractivity (Wildman–Crippen MR) is 68.6 cm³/mol. The Morgan fingerprint density at radius 2 is 2.17 bits per heavy atom. The molecule has 1 atom stereocenters. The van der Waals surface area contributed by atoms with Crippen LogP contribution < -0.4 is 5.73 Å². The molecule has 2 N–H and O–H groups in total. The molecule has 1 heterocycles. The van der Waals surface area contributed by atoms with E-state index in [1.807, 2.05) is 24.3 Å². The second-order valence-corrected chi connectivity index (χ2v) is 4.33. The first kappa shape index (κ1) is 12.4. The zero-order valence-corrected chi connectivity index (χ0v) is 10.1. The number of fused-ring (bicyclic) bond motifs is 1. The van der Waals surface area contributed by atoms with Gasteiger partial charge in [0.15, 0.2) is 0 Å². The summed E-state index contributed by atoms with van der Waals surface area (Å²) in [6, 6.07) is 6.97. The van der Waals surface area contributed by atoms with Gasteiger partial charge in [0, 0.05) is 13.0 Å². The number of hydrogen-bond donors (Lipinski definition) is 1. The molecular formula is C14H16N2O2. The first-order valence-electron chi connectivity index (χ1n) is 5.92. The number of benzene rings is 1. The highest BCUT2D eigenvalue weighted by atomic mass is 16.2. The number of nitrogens with two attached hydrogens (primary N) is 1. The molecule has 0 bridgehead atoms. The Morgan fingerprint density at radius 3 is 2.83 bits per heavy atom.